The first-order valence-corrected chi connectivity index (χ1v) is 5.14. The molecule has 0 spiro atoms. The predicted octanol–water partition coefficient (Wildman–Crippen LogP) is 2.41. The van der Waals surface area contributed by atoms with E-state index in [0.717, 1.165) is 6.54 Å². The highest BCUT2D eigenvalue weighted by atomic mass is 15.2. The number of hydrogen-bond donors (Lipinski definition) is 0. The lowest BCUT2D eigenvalue weighted by Crippen LogP contribution is -2.32. The van der Waals surface area contributed by atoms with Crippen molar-refractivity contribution in [3.05, 3.63) is 0 Å². The molecule has 1 rings (SSSR count). The van der Waals surface area contributed by atoms with Crippen LogP contribution in [0.2, 0.25) is 0 Å². The quantitative estimate of drug-likeness (QED) is 0.610. The van der Waals surface area contributed by atoms with E-state index in [1.165, 1.54) is 19.3 Å². The van der Waals surface area contributed by atoms with Crippen molar-refractivity contribution in [2.75, 3.05) is 13.1 Å². The van der Waals surface area contributed by atoms with Crippen LogP contribution in [0, 0.1) is 16.7 Å². The minimum absolute atomic E-state index is 0.392. The molecule has 1 atom stereocenters. The van der Waals surface area contributed by atoms with E-state index in [-0.39, 0.29) is 0 Å². The van der Waals surface area contributed by atoms with E-state index in [2.05, 4.69) is 31.7 Å². The summed E-state index contributed by atoms with van der Waals surface area (Å²) in [6, 6.07) is 2.90. The van der Waals surface area contributed by atoms with Crippen LogP contribution >= 0.6 is 0 Å². The molecule has 2 nitrogen and oxygen atoms in total. The molecule has 1 heterocycles. The highest BCUT2D eigenvalue weighted by Crippen LogP contribution is 2.29. The average Bonchev–Trinajstić information content (AvgIpc) is 2.34. The second-order valence-electron chi connectivity index (χ2n) is 5.19. The molecule has 0 radical (unpaired) electrons. The summed E-state index contributed by atoms with van der Waals surface area (Å²) in [7, 11) is 0. The SMILES string of the molecule is CC(C)(C)C[C@H]1CCCN1CC#N. The van der Waals surface area contributed by atoms with Crippen molar-refractivity contribution in [2.45, 2.75) is 46.1 Å². The van der Waals surface area contributed by atoms with Crippen LogP contribution in [0.15, 0.2) is 0 Å². The summed E-state index contributed by atoms with van der Waals surface area (Å²) < 4.78 is 0. The second kappa shape index (κ2) is 4.11. The maximum absolute atomic E-state index is 8.65. The van der Waals surface area contributed by atoms with Gasteiger partial charge in [0, 0.05) is 6.04 Å². The van der Waals surface area contributed by atoms with Crippen molar-refractivity contribution in [1.82, 2.24) is 4.90 Å². The lowest BCUT2D eigenvalue weighted by atomic mass is 9.87. The van der Waals surface area contributed by atoms with Crippen LogP contribution in [0.3, 0.4) is 0 Å². The summed E-state index contributed by atoms with van der Waals surface area (Å²) in [5, 5.41) is 8.65. The summed E-state index contributed by atoms with van der Waals surface area (Å²) in [4.78, 5) is 2.32. The number of nitrogens with zero attached hydrogens (tertiary/aromatic N) is 2. The molecule has 0 aliphatic carbocycles. The maximum atomic E-state index is 8.65. The Morgan fingerprint density at radius 2 is 2.15 bits per heavy atom. The van der Waals surface area contributed by atoms with Gasteiger partial charge in [-0.05, 0) is 31.2 Å². The van der Waals surface area contributed by atoms with Gasteiger partial charge in [0.2, 0.25) is 0 Å². The van der Waals surface area contributed by atoms with Crippen molar-refractivity contribution in [2.24, 2.45) is 5.41 Å². The molecule has 1 aliphatic heterocycles. The fourth-order valence-electron chi connectivity index (χ4n) is 2.13. The zero-order valence-electron chi connectivity index (χ0n) is 9.01. The molecule has 0 unspecified atom stereocenters. The Kier molecular flexibility index (Phi) is 3.33. The largest absolute Gasteiger partial charge is 0.288 e. The third-order valence-corrected chi connectivity index (χ3v) is 2.62. The first-order valence-electron chi connectivity index (χ1n) is 5.14. The van der Waals surface area contributed by atoms with Crippen molar-refractivity contribution in [1.29, 1.82) is 5.26 Å². The molecule has 0 bridgehead atoms. The molecule has 1 saturated heterocycles. The molecule has 0 N–H and O–H groups in total. The Hall–Kier alpha value is -0.550. The molecule has 0 aromatic rings. The molecule has 1 aliphatic rings. The lowest BCUT2D eigenvalue weighted by molar-refractivity contribution is 0.209. The van der Waals surface area contributed by atoms with Gasteiger partial charge in [-0.15, -0.1) is 0 Å². The smallest absolute Gasteiger partial charge is 0.0868 e. The van der Waals surface area contributed by atoms with Crippen LogP contribution in [-0.2, 0) is 0 Å². The Morgan fingerprint density at radius 3 is 2.69 bits per heavy atom. The van der Waals surface area contributed by atoms with E-state index in [1.54, 1.807) is 0 Å². The average molecular weight is 180 g/mol. The number of likely N-dealkylation sites (tertiary alicyclic amines) is 1. The highest BCUT2D eigenvalue weighted by Gasteiger charge is 2.27. The van der Waals surface area contributed by atoms with Gasteiger partial charge in [-0.1, -0.05) is 20.8 Å². The Balaban J connectivity index is 2.45. The van der Waals surface area contributed by atoms with Gasteiger partial charge in [-0.2, -0.15) is 5.26 Å². The molecule has 0 amide bonds. The van der Waals surface area contributed by atoms with E-state index in [4.69, 9.17) is 5.26 Å². The minimum Gasteiger partial charge on any atom is -0.288 e. The van der Waals surface area contributed by atoms with Crippen molar-refractivity contribution in [3.63, 3.8) is 0 Å². The zero-order valence-corrected chi connectivity index (χ0v) is 9.01. The summed E-state index contributed by atoms with van der Waals surface area (Å²) >= 11 is 0. The van der Waals surface area contributed by atoms with Gasteiger partial charge in [0.05, 0.1) is 12.6 Å². The molecule has 74 valence electrons. The van der Waals surface area contributed by atoms with E-state index in [1.807, 2.05) is 0 Å². The molecular formula is C11H20N2. The van der Waals surface area contributed by atoms with Crippen LogP contribution in [0.25, 0.3) is 0 Å². The van der Waals surface area contributed by atoms with Crippen LogP contribution in [-0.4, -0.2) is 24.0 Å². The Labute approximate surface area is 81.5 Å². The van der Waals surface area contributed by atoms with Gasteiger partial charge >= 0.3 is 0 Å². The summed E-state index contributed by atoms with van der Waals surface area (Å²) in [5.74, 6) is 0. The van der Waals surface area contributed by atoms with Gasteiger partial charge in [-0.25, -0.2) is 0 Å². The second-order valence-corrected chi connectivity index (χ2v) is 5.19. The van der Waals surface area contributed by atoms with Gasteiger partial charge in [0.15, 0.2) is 0 Å². The summed E-state index contributed by atoms with van der Waals surface area (Å²) in [6.07, 6.45) is 3.76. The van der Waals surface area contributed by atoms with Gasteiger partial charge in [0.1, 0.15) is 0 Å². The molecule has 13 heavy (non-hydrogen) atoms. The Bertz CT molecular complexity index is 197. The van der Waals surface area contributed by atoms with Crippen LogP contribution in [0.1, 0.15) is 40.0 Å². The molecule has 0 aromatic carbocycles. The highest BCUT2D eigenvalue weighted by molar-refractivity contribution is 4.88. The minimum atomic E-state index is 0.392. The van der Waals surface area contributed by atoms with E-state index >= 15 is 0 Å². The van der Waals surface area contributed by atoms with Crippen LogP contribution in [0.5, 0.6) is 0 Å². The fourth-order valence-corrected chi connectivity index (χ4v) is 2.13. The van der Waals surface area contributed by atoms with Crippen molar-refractivity contribution < 1.29 is 0 Å². The van der Waals surface area contributed by atoms with E-state index in [9.17, 15) is 0 Å². The van der Waals surface area contributed by atoms with Gasteiger partial charge in [-0.3, -0.25) is 4.90 Å². The third-order valence-electron chi connectivity index (χ3n) is 2.62. The normalized spacial score (nSPS) is 24.6. The first-order chi connectivity index (χ1) is 6.03. The topological polar surface area (TPSA) is 27.0 Å². The molecule has 2 heteroatoms. The van der Waals surface area contributed by atoms with Crippen molar-refractivity contribution >= 4 is 0 Å². The monoisotopic (exact) mass is 180 g/mol. The number of rotatable bonds is 2. The van der Waals surface area contributed by atoms with Gasteiger partial charge < -0.3 is 0 Å². The van der Waals surface area contributed by atoms with Gasteiger partial charge in [0.25, 0.3) is 0 Å². The van der Waals surface area contributed by atoms with Crippen LogP contribution < -0.4 is 0 Å². The summed E-state index contributed by atoms with van der Waals surface area (Å²) in [6.45, 7) is 8.55. The summed E-state index contributed by atoms with van der Waals surface area (Å²) in [5.41, 5.74) is 0.392. The zero-order chi connectivity index (χ0) is 9.90. The number of nitriles is 1. The van der Waals surface area contributed by atoms with Crippen molar-refractivity contribution in [3.8, 4) is 6.07 Å². The van der Waals surface area contributed by atoms with Crippen LogP contribution in [0.4, 0.5) is 0 Å². The standard InChI is InChI=1S/C11H20N2/c1-11(2,3)9-10-5-4-7-13(10)8-6-12/h10H,4-5,7-9H2,1-3H3/t10-/m1/s1. The maximum Gasteiger partial charge on any atom is 0.0868 e. The Morgan fingerprint density at radius 1 is 1.46 bits per heavy atom. The third kappa shape index (κ3) is 3.36. The predicted molar refractivity (Wildman–Crippen MR) is 54.3 cm³/mol. The molecule has 1 fully saturated rings. The lowest BCUT2D eigenvalue weighted by Gasteiger charge is -2.28. The van der Waals surface area contributed by atoms with E-state index < -0.39 is 0 Å². The number of hydrogen-bond acceptors (Lipinski definition) is 2. The molecular weight excluding hydrogens is 160 g/mol. The van der Waals surface area contributed by atoms with E-state index in [0.29, 0.717) is 18.0 Å². The molecule has 0 aromatic heterocycles. The molecule has 0 saturated carbocycles. The fraction of sp³-hybridized carbons (Fsp3) is 0.909. The first kappa shape index (κ1) is 10.5.